The quantitative estimate of drug-likeness (QED) is 0.905. The van der Waals surface area contributed by atoms with Crippen molar-refractivity contribution >= 4 is 5.91 Å². The molecule has 0 unspecified atom stereocenters. The smallest absolute Gasteiger partial charge is 0.243 e. The summed E-state index contributed by atoms with van der Waals surface area (Å²) in [6, 6.07) is 9.03. The summed E-state index contributed by atoms with van der Waals surface area (Å²) in [6.07, 6.45) is 2.32. The van der Waals surface area contributed by atoms with Crippen LogP contribution < -0.4 is 5.73 Å². The zero-order valence-corrected chi connectivity index (χ0v) is 12.5. The second-order valence-corrected chi connectivity index (χ2v) is 5.85. The summed E-state index contributed by atoms with van der Waals surface area (Å²) >= 11 is 0. The lowest BCUT2D eigenvalue weighted by atomic mass is 9.96. The lowest BCUT2D eigenvalue weighted by Crippen LogP contribution is -2.41. The van der Waals surface area contributed by atoms with Crippen LogP contribution in [0.4, 0.5) is 0 Å². The molecule has 0 aliphatic carbocycles. The van der Waals surface area contributed by atoms with E-state index in [1.54, 1.807) is 4.90 Å². The average Bonchev–Trinajstić information content (AvgIpc) is 2.49. The van der Waals surface area contributed by atoms with E-state index >= 15 is 0 Å². The van der Waals surface area contributed by atoms with Crippen LogP contribution in [0, 0.1) is 5.92 Å². The fourth-order valence-corrected chi connectivity index (χ4v) is 2.76. The van der Waals surface area contributed by atoms with Crippen molar-refractivity contribution in [2.24, 2.45) is 11.7 Å². The molecule has 1 fully saturated rings. The Hall–Kier alpha value is -1.39. The first-order valence-corrected chi connectivity index (χ1v) is 7.32. The van der Waals surface area contributed by atoms with Crippen LogP contribution in [0.15, 0.2) is 30.3 Å². The van der Waals surface area contributed by atoms with Crippen LogP contribution in [-0.4, -0.2) is 49.4 Å². The van der Waals surface area contributed by atoms with Gasteiger partial charge in [0.2, 0.25) is 5.91 Å². The number of likely N-dealkylation sites (tertiary alicyclic amines) is 1. The minimum atomic E-state index is -0.549. The van der Waals surface area contributed by atoms with Crippen LogP contribution in [0.25, 0.3) is 0 Å². The van der Waals surface area contributed by atoms with Crippen molar-refractivity contribution in [1.82, 2.24) is 9.80 Å². The number of benzene rings is 1. The molecule has 4 nitrogen and oxygen atoms in total. The van der Waals surface area contributed by atoms with Crippen molar-refractivity contribution in [3.63, 3.8) is 0 Å². The van der Waals surface area contributed by atoms with Crippen molar-refractivity contribution < 1.29 is 4.79 Å². The van der Waals surface area contributed by atoms with Crippen molar-refractivity contribution in [1.29, 1.82) is 0 Å². The summed E-state index contributed by atoms with van der Waals surface area (Å²) in [6.45, 7) is 3.06. The number of carbonyl (C=O) groups excluding carboxylic acids is 1. The van der Waals surface area contributed by atoms with Gasteiger partial charge in [-0.05, 0) is 44.5 Å². The van der Waals surface area contributed by atoms with Gasteiger partial charge in [-0.2, -0.15) is 0 Å². The van der Waals surface area contributed by atoms with E-state index in [0.29, 0.717) is 5.92 Å². The fraction of sp³-hybridized carbons (Fsp3) is 0.562. The van der Waals surface area contributed by atoms with E-state index in [9.17, 15) is 4.79 Å². The van der Waals surface area contributed by atoms with Crippen LogP contribution in [0.5, 0.6) is 0 Å². The maximum atomic E-state index is 12.4. The molecule has 2 N–H and O–H groups in total. The zero-order valence-electron chi connectivity index (χ0n) is 12.5. The number of carbonyl (C=O) groups is 1. The average molecular weight is 275 g/mol. The molecule has 0 radical (unpaired) electrons. The Bertz CT molecular complexity index is 427. The van der Waals surface area contributed by atoms with E-state index in [2.05, 4.69) is 11.9 Å². The monoisotopic (exact) mass is 275 g/mol. The summed E-state index contributed by atoms with van der Waals surface area (Å²) in [4.78, 5) is 16.5. The molecule has 1 saturated heterocycles. The molecule has 2 rings (SSSR count). The molecule has 1 heterocycles. The van der Waals surface area contributed by atoms with Gasteiger partial charge >= 0.3 is 0 Å². The van der Waals surface area contributed by atoms with E-state index in [-0.39, 0.29) is 5.91 Å². The highest BCUT2D eigenvalue weighted by atomic mass is 16.2. The second kappa shape index (κ2) is 6.86. The molecule has 1 amide bonds. The van der Waals surface area contributed by atoms with Crippen LogP contribution in [0.1, 0.15) is 24.4 Å². The highest BCUT2D eigenvalue weighted by Crippen LogP contribution is 2.19. The zero-order chi connectivity index (χ0) is 14.5. The molecular formula is C16H25N3O. The predicted octanol–water partition coefficient (Wildman–Crippen LogP) is 1.49. The van der Waals surface area contributed by atoms with E-state index in [4.69, 9.17) is 5.73 Å². The van der Waals surface area contributed by atoms with Crippen molar-refractivity contribution in [2.45, 2.75) is 18.9 Å². The third-order valence-electron chi connectivity index (χ3n) is 4.17. The largest absolute Gasteiger partial charge is 0.344 e. The fourth-order valence-electron chi connectivity index (χ4n) is 2.76. The first kappa shape index (κ1) is 15.0. The molecule has 0 bridgehead atoms. The normalized spacial score (nSPS) is 18.8. The number of amides is 1. The standard InChI is InChI=1S/C16H25N3O/c1-18-10-8-13(9-11-18)12-19(2)16(20)15(17)14-6-4-3-5-7-14/h3-7,13,15H,8-12,17H2,1-2H3/t15-/m1/s1. The maximum Gasteiger partial charge on any atom is 0.243 e. The Kier molecular flexibility index (Phi) is 5.15. The molecule has 1 aromatic carbocycles. The Labute approximate surface area is 121 Å². The molecular weight excluding hydrogens is 250 g/mol. The van der Waals surface area contributed by atoms with Gasteiger partial charge in [0.25, 0.3) is 0 Å². The number of rotatable bonds is 4. The van der Waals surface area contributed by atoms with Gasteiger partial charge in [0.15, 0.2) is 0 Å². The second-order valence-electron chi connectivity index (χ2n) is 5.85. The lowest BCUT2D eigenvalue weighted by Gasteiger charge is -2.32. The number of hydrogen-bond acceptors (Lipinski definition) is 3. The highest BCUT2D eigenvalue weighted by molar-refractivity contribution is 5.82. The predicted molar refractivity (Wildman–Crippen MR) is 81.2 cm³/mol. The van der Waals surface area contributed by atoms with Crippen LogP contribution >= 0.6 is 0 Å². The molecule has 0 aromatic heterocycles. The van der Waals surface area contributed by atoms with Gasteiger partial charge in [0, 0.05) is 13.6 Å². The summed E-state index contributed by atoms with van der Waals surface area (Å²) in [5.74, 6) is 0.609. The molecule has 1 aliphatic heterocycles. The summed E-state index contributed by atoms with van der Waals surface area (Å²) in [5.41, 5.74) is 6.95. The number of likely N-dealkylation sites (N-methyl/N-ethyl adjacent to an activating group) is 1. The summed E-state index contributed by atoms with van der Waals surface area (Å²) in [7, 11) is 4.01. The Morgan fingerprint density at radius 2 is 1.95 bits per heavy atom. The van der Waals surface area contributed by atoms with Gasteiger partial charge in [0.05, 0.1) is 0 Å². The van der Waals surface area contributed by atoms with Gasteiger partial charge in [-0.1, -0.05) is 30.3 Å². The van der Waals surface area contributed by atoms with Gasteiger partial charge in [-0.3, -0.25) is 4.79 Å². The molecule has 0 spiro atoms. The van der Waals surface area contributed by atoms with Crippen molar-refractivity contribution in [3.05, 3.63) is 35.9 Å². The number of nitrogens with two attached hydrogens (primary N) is 1. The lowest BCUT2D eigenvalue weighted by molar-refractivity contribution is -0.132. The van der Waals surface area contributed by atoms with Crippen molar-refractivity contribution in [2.75, 3.05) is 33.7 Å². The van der Waals surface area contributed by atoms with E-state index in [1.807, 2.05) is 37.4 Å². The van der Waals surface area contributed by atoms with Crippen LogP contribution in [-0.2, 0) is 4.79 Å². The van der Waals surface area contributed by atoms with E-state index in [1.165, 1.54) is 0 Å². The molecule has 0 saturated carbocycles. The highest BCUT2D eigenvalue weighted by Gasteiger charge is 2.24. The minimum absolute atomic E-state index is 0.00938. The third kappa shape index (κ3) is 3.81. The van der Waals surface area contributed by atoms with E-state index in [0.717, 1.165) is 38.0 Å². The van der Waals surface area contributed by atoms with Gasteiger partial charge in [-0.25, -0.2) is 0 Å². The van der Waals surface area contributed by atoms with Gasteiger partial charge in [-0.15, -0.1) is 0 Å². The molecule has 20 heavy (non-hydrogen) atoms. The number of hydrogen-bond donors (Lipinski definition) is 1. The molecule has 1 aromatic rings. The molecule has 110 valence electrons. The summed E-state index contributed by atoms with van der Waals surface area (Å²) < 4.78 is 0. The Morgan fingerprint density at radius 3 is 2.55 bits per heavy atom. The summed E-state index contributed by atoms with van der Waals surface area (Å²) in [5, 5.41) is 0. The number of nitrogens with zero attached hydrogens (tertiary/aromatic N) is 2. The first-order valence-electron chi connectivity index (χ1n) is 7.32. The van der Waals surface area contributed by atoms with Crippen molar-refractivity contribution in [3.8, 4) is 0 Å². The Morgan fingerprint density at radius 1 is 1.35 bits per heavy atom. The topological polar surface area (TPSA) is 49.6 Å². The van der Waals surface area contributed by atoms with Crippen LogP contribution in [0.2, 0.25) is 0 Å². The Balaban J connectivity index is 1.88. The molecule has 1 aliphatic rings. The first-order chi connectivity index (χ1) is 9.58. The van der Waals surface area contributed by atoms with Crippen LogP contribution in [0.3, 0.4) is 0 Å². The minimum Gasteiger partial charge on any atom is -0.344 e. The molecule has 4 heteroatoms. The van der Waals surface area contributed by atoms with Gasteiger partial charge < -0.3 is 15.5 Å². The maximum absolute atomic E-state index is 12.4. The van der Waals surface area contributed by atoms with Gasteiger partial charge in [0.1, 0.15) is 6.04 Å². The number of piperidine rings is 1. The van der Waals surface area contributed by atoms with E-state index < -0.39 is 6.04 Å². The molecule has 1 atom stereocenters. The SMILES string of the molecule is CN1CCC(CN(C)C(=O)[C@H](N)c2ccccc2)CC1. The third-order valence-corrected chi connectivity index (χ3v) is 4.17.